The number of hydrogen-bond acceptors (Lipinski definition) is 4. The number of anilines is 1. The van der Waals surface area contributed by atoms with Crippen LogP contribution in [-0.2, 0) is 9.53 Å². The molecule has 0 aliphatic rings. The van der Waals surface area contributed by atoms with Crippen LogP contribution in [0.2, 0.25) is 10.0 Å². The quantitative estimate of drug-likeness (QED) is 0.877. The smallest absolute Gasteiger partial charge is 0.338 e. The molecular weight excluding hydrogens is 315 g/mol. The number of carbonyl (C=O) groups is 2. The van der Waals surface area contributed by atoms with Gasteiger partial charge in [0.1, 0.15) is 5.82 Å². The van der Waals surface area contributed by atoms with Gasteiger partial charge in [0.2, 0.25) is 0 Å². The predicted octanol–water partition coefficient (Wildman–Crippen LogP) is 3.18. The highest BCUT2D eigenvalue weighted by molar-refractivity contribution is 6.30. The molecule has 1 N–H and O–H groups in total. The molecule has 1 aromatic carbocycles. The Kier molecular flexibility index (Phi) is 5.14. The number of amides is 1. The summed E-state index contributed by atoms with van der Waals surface area (Å²) in [6.07, 6.45) is 1.40. The van der Waals surface area contributed by atoms with Gasteiger partial charge in [0.25, 0.3) is 5.91 Å². The Hall–Kier alpha value is -2.11. The lowest BCUT2D eigenvalue weighted by Crippen LogP contribution is -2.21. The Balaban J connectivity index is 1.84. The van der Waals surface area contributed by atoms with E-state index in [9.17, 15) is 9.59 Å². The predicted molar refractivity (Wildman–Crippen MR) is 79.6 cm³/mol. The van der Waals surface area contributed by atoms with Crippen molar-refractivity contribution in [1.29, 1.82) is 0 Å². The molecule has 2 aromatic rings. The summed E-state index contributed by atoms with van der Waals surface area (Å²) in [7, 11) is 0. The van der Waals surface area contributed by atoms with E-state index in [-0.39, 0.29) is 0 Å². The fraction of sp³-hybridized carbons (Fsp3) is 0.0714. The van der Waals surface area contributed by atoms with Gasteiger partial charge in [-0.2, -0.15) is 0 Å². The van der Waals surface area contributed by atoms with E-state index in [1.807, 2.05) is 0 Å². The van der Waals surface area contributed by atoms with Crippen molar-refractivity contribution in [2.75, 3.05) is 11.9 Å². The van der Waals surface area contributed by atoms with E-state index in [0.717, 1.165) is 0 Å². The number of halogens is 2. The average Bonchev–Trinajstić information content (AvgIpc) is 2.48. The van der Waals surface area contributed by atoms with Crippen LogP contribution in [0.15, 0.2) is 42.6 Å². The number of benzene rings is 1. The third-order valence-corrected chi connectivity index (χ3v) is 2.88. The molecule has 7 heteroatoms. The zero-order valence-corrected chi connectivity index (χ0v) is 12.2. The van der Waals surface area contributed by atoms with E-state index >= 15 is 0 Å². The summed E-state index contributed by atoms with van der Waals surface area (Å²) < 4.78 is 4.88. The van der Waals surface area contributed by atoms with E-state index in [2.05, 4.69) is 10.3 Å². The number of hydrogen-bond donors (Lipinski definition) is 1. The molecular formula is C14H10Cl2N2O3. The van der Waals surface area contributed by atoms with Gasteiger partial charge in [0.05, 0.1) is 10.6 Å². The third kappa shape index (κ3) is 4.73. The molecule has 1 amide bonds. The summed E-state index contributed by atoms with van der Waals surface area (Å²) in [5.74, 6) is -0.773. The molecule has 1 heterocycles. The van der Waals surface area contributed by atoms with Crippen molar-refractivity contribution in [3.63, 3.8) is 0 Å². The molecule has 21 heavy (non-hydrogen) atoms. The van der Waals surface area contributed by atoms with Crippen molar-refractivity contribution in [1.82, 2.24) is 4.98 Å². The lowest BCUT2D eigenvalue weighted by Gasteiger charge is -2.06. The first kappa shape index (κ1) is 15.3. The first-order chi connectivity index (χ1) is 10.0. The minimum Gasteiger partial charge on any atom is -0.452 e. The second-order valence-corrected chi connectivity index (χ2v) is 4.87. The van der Waals surface area contributed by atoms with E-state index in [0.29, 0.717) is 21.4 Å². The minimum atomic E-state index is -0.606. The molecule has 0 saturated heterocycles. The summed E-state index contributed by atoms with van der Waals surface area (Å²) >= 11 is 11.4. The number of ether oxygens (including phenoxy) is 1. The van der Waals surface area contributed by atoms with Gasteiger partial charge in [-0.3, -0.25) is 4.79 Å². The maximum Gasteiger partial charge on any atom is 0.338 e. The molecule has 5 nitrogen and oxygen atoms in total. The SMILES string of the molecule is O=C(COC(=O)c1ccc(Cl)cc1)Nc1ccc(Cl)cn1. The fourth-order valence-electron chi connectivity index (χ4n) is 1.43. The van der Waals surface area contributed by atoms with Gasteiger partial charge in [-0.25, -0.2) is 9.78 Å². The standard InChI is InChI=1S/C14H10Cl2N2O3/c15-10-3-1-9(2-4-10)14(20)21-8-13(19)18-12-6-5-11(16)7-17-12/h1-7H,8H2,(H,17,18,19). The first-order valence-corrected chi connectivity index (χ1v) is 6.64. The van der Waals surface area contributed by atoms with Crippen LogP contribution in [0.4, 0.5) is 5.82 Å². The van der Waals surface area contributed by atoms with Crippen LogP contribution in [0, 0.1) is 0 Å². The van der Waals surface area contributed by atoms with Gasteiger partial charge in [-0.05, 0) is 36.4 Å². The van der Waals surface area contributed by atoms with Gasteiger partial charge in [0.15, 0.2) is 6.61 Å². The van der Waals surface area contributed by atoms with Crippen molar-refractivity contribution < 1.29 is 14.3 Å². The molecule has 1 aromatic heterocycles. The Morgan fingerprint density at radius 2 is 1.71 bits per heavy atom. The first-order valence-electron chi connectivity index (χ1n) is 5.89. The summed E-state index contributed by atoms with van der Waals surface area (Å²) in [4.78, 5) is 27.2. The molecule has 0 fully saturated rings. The van der Waals surface area contributed by atoms with E-state index in [1.165, 1.54) is 18.3 Å². The maximum atomic E-state index is 11.7. The largest absolute Gasteiger partial charge is 0.452 e. The summed E-state index contributed by atoms with van der Waals surface area (Å²) in [5, 5.41) is 3.45. The normalized spacial score (nSPS) is 10.0. The van der Waals surface area contributed by atoms with Crippen LogP contribution in [-0.4, -0.2) is 23.5 Å². The Morgan fingerprint density at radius 1 is 1.05 bits per heavy atom. The molecule has 0 aliphatic carbocycles. The van der Waals surface area contributed by atoms with Crippen molar-refractivity contribution in [2.24, 2.45) is 0 Å². The highest BCUT2D eigenvalue weighted by Gasteiger charge is 2.10. The molecule has 0 spiro atoms. The third-order valence-electron chi connectivity index (χ3n) is 2.41. The van der Waals surface area contributed by atoms with Crippen LogP contribution in [0.5, 0.6) is 0 Å². The van der Waals surface area contributed by atoms with Gasteiger partial charge in [0, 0.05) is 11.2 Å². The topological polar surface area (TPSA) is 68.3 Å². The van der Waals surface area contributed by atoms with Crippen LogP contribution < -0.4 is 5.32 Å². The minimum absolute atomic E-state index is 0.316. The Morgan fingerprint density at radius 3 is 2.33 bits per heavy atom. The van der Waals surface area contributed by atoms with Gasteiger partial charge in [-0.15, -0.1) is 0 Å². The van der Waals surface area contributed by atoms with Crippen molar-refractivity contribution in [3.8, 4) is 0 Å². The van der Waals surface area contributed by atoms with Crippen LogP contribution in [0.3, 0.4) is 0 Å². The van der Waals surface area contributed by atoms with Gasteiger partial charge in [-0.1, -0.05) is 23.2 Å². The number of pyridine rings is 1. The van der Waals surface area contributed by atoms with Crippen LogP contribution >= 0.6 is 23.2 Å². The number of nitrogens with zero attached hydrogens (tertiary/aromatic N) is 1. The van der Waals surface area contributed by atoms with Crippen LogP contribution in [0.1, 0.15) is 10.4 Å². The number of rotatable bonds is 4. The molecule has 0 atom stereocenters. The average molecular weight is 325 g/mol. The lowest BCUT2D eigenvalue weighted by atomic mass is 10.2. The summed E-state index contributed by atoms with van der Waals surface area (Å²) in [5.41, 5.74) is 0.316. The molecule has 0 unspecified atom stereocenters. The van der Waals surface area contributed by atoms with E-state index in [4.69, 9.17) is 27.9 Å². The highest BCUT2D eigenvalue weighted by atomic mass is 35.5. The second-order valence-electron chi connectivity index (χ2n) is 3.99. The maximum absolute atomic E-state index is 11.7. The van der Waals surface area contributed by atoms with Gasteiger partial charge < -0.3 is 10.1 Å². The Bertz CT molecular complexity index is 642. The van der Waals surface area contributed by atoms with Gasteiger partial charge >= 0.3 is 5.97 Å². The molecule has 0 radical (unpaired) electrons. The number of esters is 1. The molecule has 0 saturated carbocycles. The van der Waals surface area contributed by atoms with Crippen molar-refractivity contribution >= 4 is 40.9 Å². The summed E-state index contributed by atoms with van der Waals surface area (Å²) in [6, 6.07) is 9.30. The summed E-state index contributed by atoms with van der Waals surface area (Å²) in [6.45, 7) is -0.411. The molecule has 2 rings (SSSR count). The molecule has 108 valence electrons. The molecule has 0 bridgehead atoms. The number of aromatic nitrogens is 1. The zero-order chi connectivity index (χ0) is 15.2. The number of nitrogens with one attached hydrogen (secondary N) is 1. The van der Waals surface area contributed by atoms with E-state index in [1.54, 1.807) is 24.3 Å². The molecule has 0 aliphatic heterocycles. The number of carbonyl (C=O) groups excluding carboxylic acids is 2. The van der Waals surface area contributed by atoms with E-state index < -0.39 is 18.5 Å². The zero-order valence-electron chi connectivity index (χ0n) is 10.7. The second kappa shape index (κ2) is 7.06. The van der Waals surface area contributed by atoms with Crippen molar-refractivity contribution in [3.05, 3.63) is 58.2 Å². The highest BCUT2D eigenvalue weighted by Crippen LogP contribution is 2.11. The monoisotopic (exact) mass is 324 g/mol. The Labute approximate surface area is 130 Å². The lowest BCUT2D eigenvalue weighted by molar-refractivity contribution is -0.119. The van der Waals surface area contributed by atoms with Crippen molar-refractivity contribution in [2.45, 2.75) is 0 Å². The van der Waals surface area contributed by atoms with Crippen LogP contribution in [0.25, 0.3) is 0 Å². The fourth-order valence-corrected chi connectivity index (χ4v) is 1.67.